The van der Waals surface area contributed by atoms with E-state index in [1.54, 1.807) is 19.1 Å². The fraction of sp³-hybridized carbons (Fsp3) is 0.500. The van der Waals surface area contributed by atoms with Crippen LogP contribution in [-0.2, 0) is 25.7 Å². The molecular formula is C26H33BrN2O5. The number of ether oxygens (including phenoxy) is 3. The number of hydrogen-bond donors (Lipinski definition) is 0. The van der Waals surface area contributed by atoms with Crippen LogP contribution in [0.1, 0.15) is 45.6 Å². The molecule has 1 heterocycles. The highest BCUT2D eigenvalue weighted by atomic mass is 79.9. The summed E-state index contributed by atoms with van der Waals surface area (Å²) in [6.07, 6.45) is 2.50. The highest BCUT2D eigenvalue weighted by Crippen LogP contribution is 2.40. The van der Waals surface area contributed by atoms with Gasteiger partial charge in [-0.05, 0) is 71.6 Å². The van der Waals surface area contributed by atoms with Crippen molar-refractivity contribution in [2.45, 2.75) is 52.2 Å². The van der Waals surface area contributed by atoms with Gasteiger partial charge in [0.15, 0.2) is 0 Å². The van der Waals surface area contributed by atoms with Crippen LogP contribution in [0.5, 0.6) is 5.88 Å². The monoisotopic (exact) mass is 532 g/mol. The number of halogens is 1. The molecule has 0 aliphatic heterocycles. The van der Waals surface area contributed by atoms with Crippen LogP contribution in [0.4, 0.5) is 5.82 Å². The third-order valence-electron chi connectivity index (χ3n) is 6.38. The van der Waals surface area contributed by atoms with Gasteiger partial charge in [-0.15, -0.1) is 0 Å². The number of pyridine rings is 1. The van der Waals surface area contributed by atoms with E-state index in [0.29, 0.717) is 67.1 Å². The molecule has 1 saturated carbocycles. The van der Waals surface area contributed by atoms with Gasteiger partial charge >= 0.3 is 5.97 Å². The van der Waals surface area contributed by atoms with Gasteiger partial charge in [-0.2, -0.15) is 4.98 Å². The Labute approximate surface area is 209 Å². The van der Waals surface area contributed by atoms with E-state index >= 15 is 0 Å². The molecule has 0 spiro atoms. The van der Waals surface area contributed by atoms with Gasteiger partial charge in [0, 0.05) is 0 Å². The Hall–Kier alpha value is -2.45. The van der Waals surface area contributed by atoms with Gasteiger partial charge in [0.05, 0.1) is 30.9 Å². The minimum Gasteiger partial charge on any atom is -0.477 e. The topological polar surface area (TPSA) is 78.0 Å². The molecule has 1 aliphatic carbocycles. The van der Waals surface area contributed by atoms with Gasteiger partial charge in [-0.3, -0.25) is 9.69 Å². The lowest BCUT2D eigenvalue weighted by Crippen LogP contribution is -2.55. The van der Waals surface area contributed by atoms with Crippen LogP contribution in [0.15, 0.2) is 46.9 Å². The predicted octanol–water partition coefficient (Wildman–Crippen LogP) is 5.16. The number of aromatic nitrogens is 1. The van der Waals surface area contributed by atoms with Crippen molar-refractivity contribution in [3.05, 3.63) is 52.5 Å². The first-order valence-corrected chi connectivity index (χ1v) is 12.6. The van der Waals surface area contributed by atoms with Crippen molar-refractivity contribution in [2.75, 3.05) is 24.7 Å². The summed E-state index contributed by atoms with van der Waals surface area (Å²) in [4.78, 5) is 30.8. The lowest BCUT2D eigenvalue weighted by atomic mass is 9.91. The first-order chi connectivity index (χ1) is 16.5. The molecule has 1 aromatic carbocycles. The first kappa shape index (κ1) is 26.2. The fourth-order valence-corrected chi connectivity index (χ4v) is 4.41. The molecular weight excluding hydrogens is 500 g/mol. The molecule has 1 aromatic heterocycles. The molecule has 3 rings (SSSR count). The van der Waals surface area contributed by atoms with E-state index in [1.165, 1.54) is 10.5 Å². The minimum atomic E-state index is -1.12. The number of nitrogens with zero attached hydrogens (tertiary/aromatic N) is 2. The Morgan fingerprint density at radius 1 is 1.12 bits per heavy atom. The van der Waals surface area contributed by atoms with E-state index in [2.05, 4.69) is 33.0 Å². The lowest BCUT2D eigenvalue weighted by Gasteiger charge is -2.37. The number of esters is 1. The summed E-state index contributed by atoms with van der Waals surface area (Å²) in [6.45, 7) is 7.54. The number of hydrogen-bond acceptors (Lipinski definition) is 6. The molecule has 2 atom stereocenters. The van der Waals surface area contributed by atoms with Crippen LogP contribution in [0.3, 0.4) is 0 Å². The molecule has 2 aromatic rings. The van der Waals surface area contributed by atoms with Crippen molar-refractivity contribution >= 4 is 34.1 Å². The third-order valence-corrected chi connectivity index (χ3v) is 6.99. The second-order valence-electron chi connectivity index (χ2n) is 8.46. The molecule has 7 nitrogen and oxygen atoms in total. The fourth-order valence-electron chi connectivity index (χ4n) is 4.07. The molecule has 2 unspecified atom stereocenters. The second-order valence-corrected chi connectivity index (χ2v) is 9.31. The summed E-state index contributed by atoms with van der Waals surface area (Å²) >= 11 is 3.48. The smallest absolute Gasteiger partial charge is 0.332 e. The van der Waals surface area contributed by atoms with Gasteiger partial charge < -0.3 is 14.2 Å². The normalized spacial score (nSPS) is 17.2. The quantitative estimate of drug-likeness (QED) is 0.247. The SMILES string of the molecule is CCOC(=O)C(CC)(CC)N(C=O)c1ccc(Br)c(OCC2CC2COCc2ccccc2)n1. The molecule has 0 saturated heterocycles. The molecule has 8 heteroatoms. The number of carbonyl (C=O) groups is 2. The van der Waals surface area contributed by atoms with E-state index in [0.717, 1.165) is 6.42 Å². The van der Waals surface area contributed by atoms with Crippen molar-refractivity contribution in [1.82, 2.24) is 4.98 Å². The maximum absolute atomic E-state index is 12.8. The van der Waals surface area contributed by atoms with E-state index < -0.39 is 11.5 Å². The zero-order valence-electron chi connectivity index (χ0n) is 20.0. The number of anilines is 1. The first-order valence-electron chi connectivity index (χ1n) is 11.8. The Morgan fingerprint density at radius 2 is 1.82 bits per heavy atom. The molecule has 1 fully saturated rings. The Balaban J connectivity index is 1.61. The van der Waals surface area contributed by atoms with Crippen molar-refractivity contribution in [3.63, 3.8) is 0 Å². The highest BCUT2D eigenvalue weighted by Gasteiger charge is 2.44. The van der Waals surface area contributed by atoms with Gasteiger partial charge in [0.1, 0.15) is 11.4 Å². The van der Waals surface area contributed by atoms with E-state index in [4.69, 9.17) is 14.2 Å². The van der Waals surface area contributed by atoms with Crippen LogP contribution in [-0.4, -0.2) is 42.7 Å². The van der Waals surface area contributed by atoms with Gasteiger partial charge in [-0.25, -0.2) is 4.79 Å². The van der Waals surface area contributed by atoms with Crippen LogP contribution in [0.2, 0.25) is 0 Å². The average Bonchev–Trinajstić information content (AvgIpc) is 3.61. The summed E-state index contributed by atoms with van der Waals surface area (Å²) in [5.74, 6) is 1.18. The Morgan fingerprint density at radius 3 is 2.47 bits per heavy atom. The van der Waals surface area contributed by atoms with Crippen LogP contribution >= 0.6 is 15.9 Å². The summed E-state index contributed by atoms with van der Waals surface area (Å²) in [6, 6.07) is 13.6. The number of benzene rings is 1. The Kier molecular flexibility index (Phi) is 9.47. The van der Waals surface area contributed by atoms with E-state index in [1.807, 2.05) is 32.0 Å². The van der Waals surface area contributed by atoms with Crippen LogP contribution < -0.4 is 9.64 Å². The molecule has 1 amide bonds. The molecule has 0 N–H and O–H groups in total. The standard InChI is InChI=1S/C26H33BrN2O5/c1-4-26(5-2,25(31)33-6-3)29(18-30)23-13-12-22(27)24(28-23)34-17-21-14-20(21)16-32-15-19-10-8-7-9-11-19/h7-13,18,20-21H,4-6,14-17H2,1-3H3. The van der Waals surface area contributed by atoms with Crippen LogP contribution in [0, 0.1) is 11.8 Å². The lowest BCUT2D eigenvalue weighted by molar-refractivity contribution is -0.150. The van der Waals surface area contributed by atoms with Gasteiger partial charge in [-0.1, -0.05) is 44.2 Å². The van der Waals surface area contributed by atoms with E-state index in [-0.39, 0.29) is 6.61 Å². The number of rotatable bonds is 14. The number of amides is 1. The third kappa shape index (κ3) is 6.16. The van der Waals surface area contributed by atoms with Crippen molar-refractivity contribution in [2.24, 2.45) is 11.8 Å². The molecule has 1 aliphatic rings. The zero-order chi connectivity index (χ0) is 24.6. The van der Waals surface area contributed by atoms with Crippen molar-refractivity contribution < 1.29 is 23.8 Å². The zero-order valence-corrected chi connectivity index (χ0v) is 21.6. The van der Waals surface area contributed by atoms with Crippen molar-refractivity contribution in [3.8, 4) is 5.88 Å². The molecule has 0 radical (unpaired) electrons. The molecule has 184 valence electrons. The maximum atomic E-state index is 12.8. The largest absolute Gasteiger partial charge is 0.477 e. The van der Waals surface area contributed by atoms with E-state index in [9.17, 15) is 9.59 Å². The number of carbonyl (C=O) groups excluding carboxylic acids is 2. The second kappa shape index (κ2) is 12.3. The maximum Gasteiger partial charge on any atom is 0.332 e. The summed E-state index contributed by atoms with van der Waals surface area (Å²) in [5, 5.41) is 0. The summed E-state index contributed by atoms with van der Waals surface area (Å²) in [7, 11) is 0. The summed E-state index contributed by atoms with van der Waals surface area (Å²) in [5.41, 5.74) is 0.0479. The van der Waals surface area contributed by atoms with Gasteiger partial charge in [0.25, 0.3) is 0 Å². The molecule has 0 bridgehead atoms. The summed E-state index contributed by atoms with van der Waals surface area (Å²) < 4.78 is 17.8. The molecule has 34 heavy (non-hydrogen) atoms. The van der Waals surface area contributed by atoms with Gasteiger partial charge in [0.2, 0.25) is 12.3 Å². The van der Waals surface area contributed by atoms with Crippen molar-refractivity contribution in [1.29, 1.82) is 0 Å². The predicted molar refractivity (Wildman–Crippen MR) is 134 cm³/mol. The minimum absolute atomic E-state index is 0.243. The average molecular weight is 533 g/mol. The van der Waals surface area contributed by atoms with Crippen LogP contribution in [0.25, 0.3) is 0 Å². The highest BCUT2D eigenvalue weighted by molar-refractivity contribution is 9.10. The Bertz CT molecular complexity index is 951.